The summed E-state index contributed by atoms with van der Waals surface area (Å²) < 4.78 is 5.69. The highest BCUT2D eigenvalue weighted by Gasteiger charge is 2.59. The first-order chi connectivity index (χ1) is 10.5. The monoisotopic (exact) mass is 306 g/mol. The number of hydrogen-bond acceptors (Lipinski definition) is 2. The minimum Gasteiger partial charge on any atom is -0.393 e. The van der Waals surface area contributed by atoms with E-state index in [0.717, 1.165) is 36.5 Å². The molecule has 2 nitrogen and oxygen atoms in total. The number of aliphatic hydroxyl groups is 1. The van der Waals surface area contributed by atoms with Crippen LogP contribution in [-0.2, 0) is 4.74 Å². The van der Waals surface area contributed by atoms with Crippen molar-refractivity contribution in [3.63, 3.8) is 0 Å². The van der Waals surface area contributed by atoms with Crippen LogP contribution >= 0.6 is 0 Å². The molecule has 4 saturated carbocycles. The zero-order valence-electron chi connectivity index (χ0n) is 14.7. The van der Waals surface area contributed by atoms with E-state index < -0.39 is 0 Å². The SMILES string of the molecule is CO[C@H]1CC[C@@]2(C)[C@@H](CC[C@@H]3[C@@H]4C[C@H](O)C[C@@]4(C)CC[C@@H]32)C1. The molecule has 1 N–H and O–H groups in total. The predicted molar refractivity (Wildman–Crippen MR) is 88.5 cm³/mol. The van der Waals surface area contributed by atoms with E-state index in [9.17, 15) is 5.11 Å². The highest BCUT2D eigenvalue weighted by Crippen LogP contribution is 2.66. The molecule has 0 unspecified atom stereocenters. The van der Waals surface area contributed by atoms with E-state index in [1.165, 1.54) is 44.9 Å². The van der Waals surface area contributed by atoms with Gasteiger partial charge in [0, 0.05) is 7.11 Å². The normalized spacial score (nSPS) is 57.8. The van der Waals surface area contributed by atoms with Gasteiger partial charge < -0.3 is 9.84 Å². The van der Waals surface area contributed by atoms with Crippen molar-refractivity contribution in [2.45, 2.75) is 83.8 Å². The summed E-state index contributed by atoms with van der Waals surface area (Å²) in [6, 6.07) is 0. The minimum absolute atomic E-state index is 0.0245. The Kier molecular flexibility index (Phi) is 3.66. The zero-order chi connectivity index (χ0) is 15.5. The second kappa shape index (κ2) is 5.21. The zero-order valence-corrected chi connectivity index (χ0v) is 14.7. The van der Waals surface area contributed by atoms with Gasteiger partial charge in [0.15, 0.2) is 0 Å². The largest absolute Gasteiger partial charge is 0.393 e. The van der Waals surface area contributed by atoms with Crippen LogP contribution in [0.3, 0.4) is 0 Å². The molecule has 0 bridgehead atoms. The highest BCUT2D eigenvalue weighted by atomic mass is 16.5. The van der Waals surface area contributed by atoms with Gasteiger partial charge in [0.2, 0.25) is 0 Å². The van der Waals surface area contributed by atoms with E-state index in [2.05, 4.69) is 13.8 Å². The summed E-state index contributed by atoms with van der Waals surface area (Å²) in [4.78, 5) is 0. The first-order valence-corrected chi connectivity index (χ1v) is 9.67. The van der Waals surface area contributed by atoms with Gasteiger partial charge in [-0.15, -0.1) is 0 Å². The van der Waals surface area contributed by atoms with Gasteiger partial charge in [-0.05, 0) is 92.3 Å². The second-order valence-corrected chi connectivity index (χ2v) is 9.58. The molecule has 126 valence electrons. The Hall–Kier alpha value is -0.0800. The van der Waals surface area contributed by atoms with Gasteiger partial charge in [-0.25, -0.2) is 0 Å². The summed E-state index contributed by atoms with van der Waals surface area (Å²) in [6.07, 6.45) is 12.1. The van der Waals surface area contributed by atoms with Gasteiger partial charge in [-0.1, -0.05) is 13.8 Å². The maximum atomic E-state index is 10.3. The molecule has 0 saturated heterocycles. The number of aliphatic hydroxyl groups excluding tert-OH is 1. The molecule has 0 amide bonds. The summed E-state index contributed by atoms with van der Waals surface area (Å²) in [7, 11) is 1.89. The van der Waals surface area contributed by atoms with Crippen molar-refractivity contribution < 1.29 is 9.84 Å². The Morgan fingerprint density at radius 1 is 0.955 bits per heavy atom. The van der Waals surface area contributed by atoms with Crippen LogP contribution in [0.4, 0.5) is 0 Å². The van der Waals surface area contributed by atoms with Crippen LogP contribution in [0.15, 0.2) is 0 Å². The van der Waals surface area contributed by atoms with Crippen LogP contribution < -0.4 is 0 Å². The van der Waals surface area contributed by atoms with Crippen molar-refractivity contribution in [1.82, 2.24) is 0 Å². The van der Waals surface area contributed by atoms with Crippen molar-refractivity contribution in [1.29, 1.82) is 0 Å². The van der Waals surface area contributed by atoms with Gasteiger partial charge in [-0.3, -0.25) is 0 Å². The van der Waals surface area contributed by atoms with Crippen LogP contribution in [0.25, 0.3) is 0 Å². The fraction of sp³-hybridized carbons (Fsp3) is 1.00. The Morgan fingerprint density at radius 3 is 2.55 bits per heavy atom. The van der Waals surface area contributed by atoms with Crippen molar-refractivity contribution in [2.75, 3.05) is 7.11 Å². The average Bonchev–Trinajstić information content (AvgIpc) is 2.80. The third-order valence-corrected chi connectivity index (χ3v) is 8.70. The van der Waals surface area contributed by atoms with Crippen LogP contribution in [0.5, 0.6) is 0 Å². The summed E-state index contributed by atoms with van der Waals surface area (Å²) in [5.74, 6) is 3.46. The first-order valence-electron chi connectivity index (χ1n) is 9.67. The molecule has 22 heavy (non-hydrogen) atoms. The molecule has 4 aliphatic carbocycles. The molecule has 4 aliphatic rings. The topological polar surface area (TPSA) is 29.5 Å². The Labute approximate surface area is 136 Å². The van der Waals surface area contributed by atoms with Crippen LogP contribution in [0.2, 0.25) is 0 Å². The molecule has 2 heteroatoms. The van der Waals surface area contributed by atoms with E-state index in [1.54, 1.807) is 0 Å². The number of ether oxygens (including phenoxy) is 1. The van der Waals surface area contributed by atoms with E-state index in [0.29, 0.717) is 16.9 Å². The van der Waals surface area contributed by atoms with E-state index in [4.69, 9.17) is 4.74 Å². The minimum atomic E-state index is -0.0245. The second-order valence-electron chi connectivity index (χ2n) is 9.58. The van der Waals surface area contributed by atoms with Crippen molar-refractivity contribution >= 4 is 0 Å². The molecule has 0 aliphatic heterocycles. The highest BCUT2D eigenvalue weighted by molar-refractivity contribution is 5.08. The average molecular weight is 306 g/mol. The van der Waals surface area contributed by atoms with Gasteiger partial charge in [0.1, 0.15) is 0 Å². The van der Waals surface area contributed by atoms with Gasteiger partial charge in [0.05, 0.1) is 12.2 Å². The summed E-state index contributed by atoms with van der Waals surface area (Å²) in [5, 5.41) is 10.3. The summed E-state index contributed by atoms with van der Waals surface area (Å²) in [6.45, 7) is 5.08. The van der Waals surface area contributed by atoms with E-state index in [1.807, 2.05) is 7.11 Å². The van der Waals surface area contributed by atoms with E-state index in [-0.39, 0.29) is 6.10 Å². The van der Waals surface area contributed by atoms with Gasteiger partial charge in [-0.2, -0.15) is 0 Å². The lowest BCUT2D eigenvalue weighted by atomic mass is 9.45. The lowest BCUT2D eigenvalue weighted by Crippen LogP contribution is -2.53. The molecule has 0 aromatic rings. The fourth-order valence-electron chi connectivity index (χ4n) is 7.45. The lowest BCUT2D eigenvalue weighted by Gasteiger charge is -2.60. The molecule has 8 atom stereocenters. The predicted octanol–water partition coefficient (Wildman–Crippen LogP) is 4.41. The fourth-order valence-corrected chi connectivity index (χ4v) is 7.45. The molecule has 4 rings (SSSR count). The standard InChI is InChI=1S/C20H34O2/c1-19-8-7-17-16(18(19)11-14(21)12-19)5-4-13-10-15(22-3)6-9-20(13,17)2/h13-18,21H,4-12H2,1-3H3/t13-,14-,15-,16-,17-,18-,19+,20-/m0/s1. The van der Waals surface area contributed by atoms with Crippen molar-refractivity contribution in [3.8, 4) is 0 Å². The first kappa shape index (κ1) is 15.4. The maximum Gasteiger partial charge on any atom is 0.0574 e. The smallest absolute Gasteiger partial charge is 0.0574 e. The third kappa shape index (κ3) is 2.13. The third-order valence-electron chi connectivity index (χ3n) is 8.70. The molecular formula is C20H34O2. The van der Waals surface area contributed by atoms with Crippen LogP contribution in [-0.4, -0.2) is 24.4 Å². The van der Waals surface area contributed by atoms with Gasteiger partial charge in [0.25, 0.3) is 0 Å². The van der Waals surface area contributed by atoms with Gasteiger partial charge >= 0.3 is 0 Å². The Morgan fingerprint density at radius 2 is 1.77 bits per heavy atom. The summed E-state index contributed by atoms with van der Waals surface area (Å²) >= 11 is 0. The lowest BCUT2D eigenvalue weighted by molar-refractivity contribution is -0.125. The number of fused-ring (bicyclic) bond motifs is 5. The molecule has 0 aromatic heterocycles. The molecule has 0 heterocycles. The molecule has 0 aromatic carbocycles. The maximum absolute atomic E-state index is 10.3. The van der Waals surface area contributed by atoms with Crippen molar-refractivity contribution in [3.05, 3.63) is 0 Å². The van der Waals surface area contributed by atoms with Crippen LogP contribution in [0, 0.1) is 34.5 Å². The van der Waals surface area contributed by atoms with Crippen molar-refractivity contribution in [2.24, 2.45) is 34.5 Å². The number of rotatable bonds is 1. The Balaban J connectivity index is 1.59. The molecule has 0 spiro atoms. The molecule has 4 fully saturated rings. The quantitative estimate of drug-likeness (QED) is 0.778. The van der Waals surface area contributed by atoms with Crippen LogP contribution in [0.1, 0.15) is 71.6 Å². The Bertz CT molecular complexity index is 435. The number of hydrogen-bond donors (Lipinski definition) is 1. The summed E-state index contributed by atoms with van der Waals surface area (Å²) in [5.41, 5.74) is 0.986. The van der Waals surface area contributed by atoms with E-state index >= 15 is 0 Å². The number of methoxy groups -OCH3 is 1. The molecular weight excluding hydrogens is 272 g/mol. The molecule has 0 radical (unpaired) electrons.